The van der Waals surface area contributed by atoms with Gasteiger partial charge in [0.1, 0.15) is 16.8 Å². The highest BCUT2D eigenvalue weighted by Crippen LogP contribution is 2.16. The van der Waals surface area contributed by atoms with Crippen molar-refractivity contribution in [1.29, 1.82) is 0 Å². The van der Waals surface area contributed by atoms with Crippen molar-refractivity contribution in [2.24, 2.45) is 0 Å². The third-order valence-electron chi connectivity index (χ3n) is 2.58. The van der Waals surface area contributed by atoms with E-state index in [1.807, 2.05) is 0 Å². The molecule has 2 aromatic heterocycles. The summed E-state index contributed by atoms with van der Waals surface area (Å²) in [6, 6.07) is 1.16. The van der Waals surface area contributed by atoms with Crippen molar-refractivity contribution in [3.63, 3.8) is 0 Å². The third kappa shape index (κ3) is 3.48. The predicted octanol–water partition coefficient (Wildman–Crippen LogP) is 2.74. The van der Waals surface area contributed by atoms with Crippen LogP contribution in [-0.2, 0) is 11.5 Å². The fraction of sp³-hybridized carbons (Fsp3) is 0.545. The highest BCUT2D eigenvalue weighted by Gasteiger charge is 2.13. The summed E-state index contributed by atoms with van der Waals surface area (Å²) in [6.07, 6.45) is 3.33. The molecule has 0 spiro atoms. The molecule has 0 saturated heterocycles. The largest absolute Gasteiger partial charge is 0.359 e. The molecule has 18 heavy (non-hydrogen) atoms. The van der Waals surface area contributed by atoms with Gasteiger partial charge in [-0.2, -0.15) is 5.10 Å². The predicted molar refractivity (Wildman–Crippen MR) is 82.1 cm³/mol. The molecule has 7 heteroatoms. The molecule has 0 aliphatic rings. The summed E-state index contributed by atoms with van der Waals surface area (Å²) in [5.74, 6) is 0. The average Bonchev–Trinajstić information content (AvgIpc) is 2.62. The molecule has 2 aromatic rings. The van der Waals surface area contributed by atoms with Gasteiger partial charge in [-0.3, -0.25) is 0 Å². The number of fused-ring (bicyclic) bond motifs is 1. The number of ether oxygens (including phenoxy) is 1. The number of hydrogen-bond acceptors (Lipinski definition) is 4. The Bertz CT molecular complexity index is 537. The van der Waals surface area contributed by atoms with Gasteiger partial charge in [-0.25, -0.2) is 14.6 Å². The van der Waals surface area contributed by atoms with Crippen LogP contribution in [0, 0.1) is 3.70 Å². The molecule has 0 atom stereocenters. The van der Waals surface area contributed by atoms with Crippen LogP contribution in [0.5, 0.6) is 0 Å². The van der Waals surface area contributed by atoms with Crippen molar-refractivity contribution in [2.75, 3.05) is 6.61 Å². The van der Waals surface area contributed by atoms with Crippen molar-refractivity contribution < 1.29 is 4.74 Å². The SMILES string of the molecule is C[Si](C)(C)CCOCn1nc(I)c2cncnc21. The van der Waals surface area contributed by atoms with E-state index in [0.29, 0.717) is 6.73 Å². The first-order valence-corrected chi connectivity index (χ1v) is 10.7. The second-order valence-electron chi connectivity index (χ2n) is 5.40. The van der Waals surface area contributed by atoms with E-state index in [1.54, 1.807) is 17.2 Å². The molecule has 0 bridgehead atoms. The first-order valence-electron chi connectivity index (χ1n) is 5.87. The van der Waals surface area contributed by atoms with Crippen LogP contribution in [0.4, 0.5) is 0 Å². The lowest BCUT2D eigenvalue weighted by Crippen LogP contribution is -2.22. The molecule has 0 fully saturated rings. The minimum atomic E-state index is -1.03. The van der Waals surface area contributed by atoms with Gasteiger partial charge in [0.25, 0.3) is 0 Å². The zero-order chi connectivity index (χ0) is 13.2. The van der Waals surface area contributed by atoms with Gasteiger partial charge in [0, 0.05) is 20.9 Å². The van der Waals surface area contributed by atoms with E-state index in [2.05, 4.69) is 57.3 Å². The van der Waals surface area contributed by atoms with Crippen LogP contribution in [0.15, 0.2) is 12.5 Å². The van der Waals surface area contributed by atoms with Gasteiger partial charge in [0.2, 0.25) is 0 Å². The molecule has 0 amide bonds. The highest BCUT2D eigenvalue weighted by molar-refractivity contribution is 14.1. The fourth-order valence-corrected chi connectivity index (χ4v) is 2.90. The maximum absolute atomic E-state index is 5.69. The molecule has 5 nitrogen and oxygen atoms in total. The van der Waals surface area contributed by atoms with Gasteiger partial charge in [0.15, 0.2) is 5.65 Å². The van der Waals surface area contributed by atoms with Crippen LogP contribution in [0.1, 0.15) is 0 Å². The molecule has 0 radical (unpaired) electrons. The molecule has 0 saturated carbocycles. The van der Waals surface area contributed by atoms with Crippen molar-refractivity contribution >= 4 is 41.7 Å². The van der Waals surface area contributed by atoms with E-state index in [0.717, 1.165) is 27.4 Å². The zero-order valence-corrected chi connectivity index (χ0v) is 14.0. The summed E-state index contributed by atoms with van der Waals surface area (Å²) in [5, 5.41) is 5.39. The van der Waals surface area contributed by atoms with E-state index < -0.39 is 8.07 Å². The molecule has 0 N–H and O–H groups in total. The lowest BCUT2D eigenvalue weighted by Gasteiger charge is -2.15. The molecule has 2 rings (SSSR count). The maximum Gasteiger partial charge on any atom is 0.164 e. The quantitative estimate of drug-likeness (QED) is 0.458. The van der Waals surface area contributed by atoms with Gasteiger partial charge in [-0.05, 0) is 28.6 Å². The van der Waals surface area contributed by atoms with Crippen molar-refractivity contribution in [3.05, 3.63) is 16.2 Å². The Hall–Kier alpha value is -0.543. The summed E-state index contributed by atoms with van der Waals surface area (Å²) in [4.78, 5) is 8.25. The molecular weight excluding hydrogens is 359 g/mol. The Morgan fingerprint density at radius 1 is 1.39 bits per heavy atom. The second kappa shape index (κ2) is 5.62. The summed E-state index contributed by atoms with van der Waals surface area (Å²) >= 11 is 2.19. The van der Waals surface area contributed by atoms with Crippen LogP contribution < -0.4 is 0 Å². The van der Waals surface area contributed by atoms with Gasteiger partial charge < -0.3 is 4.74 Å². The number of rotatable bonds is 5. The fourth-order valence-electron chi connectivity index (χ4n) is 1.50. The van der Waals surface area contributed by atoms with Gasteiger partial charge in [-0.15, -0.1) is 0 Å². The molecule has 0 unspecified atom stereocenters. The third-order valence-corrected chi connectivity index (χ3v) is 5.08. The van der Waals surface area contributed by atoms with Crippen LogP contribution in [0.3, 0.4) is 0 Å². The minimum absolute atomic E-state index is 0.459. The normalized spacial score (nSPS) is 12.2. The number of aromatic nitrogens is 4. The summed E-state index contributed by atoms with van der Waals surface area (Å²) in [7, 11) is -1.03. The monoisotopic (exact) mass is 376 g/mol. The topological polar surface area (TPSA) is 52.8 Å². The molecule has 0 aliphatic heterocycles. The highest BCUT2D eigenvalue weighted by atomic mass is 127. The number of halogens is 1. The van der Waals surface area contributed by atoms with Gasteiger partial charge in [0.05, 0.1) is 5.39 Å². The van der Waals surface area contributed by atoms with Crippen molar-refractivity contribution in [1.82, 2.24) is 19.7 Å². The Balaban J connectivity index is 2.00. The standard InChI is InChI=1S/C11H17IN4OSi/c1-18(2,3)5-4-17-8-16-11-9(10(12)15-16)6-13-7-14-11/h6-7H,4-5,8H2,1-3H3. The lowest BCUT2D eigenvalue weighted by atomic mass is 10.4. The summed E-state index contributed by atoms with van der Waals surface area (Å²) in [5.41, 5.74) is 0.836. The van der Waals surface area contributed by atoms with Crippen molar-refractivity contribution in [2.45, 2.75) is 32.4 Å². The smallest absolute Gasteiger partial charge is 0.164 e. The van der Waals surface area contributed by atoms with Gasteiger partial charge in [-0.1, -0.05) is 19.6 Å². The van der Waals surface area contributed by atoms with Crippen LogP contribution >= 0.6 is 22.6 Å². The first-order chi connectivity index (χ1) is 8.47. The van der Waals surface area contributed by atoms with Gasteiger partial charge >= 0.3 is 0 Å². The lowest BCUT2D eigenvalue weighted by molar-refractivity contribution is 0.0810. The number of nitrogens with zero attached hydrogens (tertiary/aromatic N) is 4. The number of hydrogen-bond donors (Lipinski definition) is 0. The zero-order valence-electron chi connectivity index (χ0n) is 10.9. The van der Waals surface area contributed by atoms with Crippen molar-refractivity contribution in [3.8, 4) is 0 Å². The Kier molecular flexibility index (Phi) is 4.33. The molecule has 0 aromatic carbocycles. The van der Waals surface area contributed by atoms with Crippen LogP contribution in [-0.4, -0.2) is 34.4 Å². The molecule has 0 aliphatic carbocycles. The van der Waals surface area contributed by atoms with E-state index in [4.69, 9.17) is 4.74 Å². The summed E-state index contributed by atoms with van der Waals surface area (Å²) in [6.45, 7) is 8.28. The molecule has 2 heterocycles. The second-order valence-corrected chi connectivity index (χ2v) is 12.0. The van der Waals surface area contributed by atoms with E-state index >= 15 is 0 Å². The average molecular weight is 376 g/mol. The minimum Gasteiger partial charge on any atom is -0.359 e. The molecule has 98 valence electrons. The maximum atomic E-state index is 5.69. The Morgan fingerprint density at radius 2 is 2.17 bits per heavy atom. The van der Waals surface area contributed by atoms with E-state index in [-0.39, 0.29) is 0 Å². The van der Waals surface area contributed by atoms with Crippen LogP contribution in [0.2, 0.25) is 25.7 Å². The summed E-state index contributed by atoms with van der Waals surface area (Å²) < 4.78 is 8.40. The van der Waals surface area contributed by atoms with E-state index in [9.17, 15) is 0 Å². The van der Waals surface area contributed by atoms with E-state index in [1.165, 1.54) is 0 Å². The molecular formula is C11H17IN4OSi. The Morgan fingerprint density at radius 3 is 2.89 bits per heavy atom. The Labute approximate surface area is 121 Å². The van der Waals surface area contributed by atoms with Crippen LogP contribution in [0.25, 0.3) is 11.0 Å². The first kappa shape index (κ1) is 13.9.